The first-order valence-electron chi connectivity index (χ1n) is 10.2. The molecule has 0 aromatic carbocycles. The Kier molecular flexibility index (Phi) is 5.94. The second-order valence-electron chi connectivity index (χ2n) is 7.49. The molecule has 0 bridgehead atoms. The summed E-state index contributed by atoms with van der Waals surface area (Å²) in [6, 6.07) is 7.22. The first-order chi connectivity index (χ1) is 15.8. The third kappa shape index (κ3) is 4.47. The Morgan fingerprint density at radius 3 is 2.58 bits per heavy atom. The number of hydrogen-bond donors (Lipinski definition) is 1. The molecular formula is C22H24N8O3. The van der Waals surface area contributed by atoms with Crippen LogP contribution in [0.25, 0.3) is 5.82 Å². The molecule has 0 atom stereocenters. The predicted octanol–water partition coefficient (Wildman–Crippen LogP) is 2.15. The Morgan fingerprint density at radius 1 is 1.12 bits per heavy atom. The van der Waals surface area contributed by atoms with Crippen LogP contribution in [0.5, 0.6) is 11.6 Å². The quantitative estimate of drug-likeness (QED) is 0.464. The molecule has 4 aromatic rings. The third-order valence-corrected chi connectivity index (χ3v) is 5.00. The van der Waals surface area contributed by atoms with Gasteiger partial charge in [0.15, 0.2) is 0 Å². The molecule has 0 saturated heterocycles. The lowest BCUT2D eigenvalue weighted by atomic mass is 10.2. The van der Waals surface area contributed by atoms with Gasteiger partial charge in [-0.05, 0) is 31.2 Å². The summed E-state index contributed by atoms with van der Waals surface area (Å²) in [4.78, 5) is 31.2. The molecule has 0 aliphatic rings. The number of aryl methyl sites for hydroxylation is 3. The zero-order valence-corrected chi connectivity index (χ0v) is 18.8. The lowest BCUT2D eigenvalue weighted by Gasteiger charge is -2.17. The molecule has 2 amide bonds. The Morgan fingerprint density at radius 2 is 1.88 bits per heavy atom. The number of likely N-dealkylation sites (N-methyl/N-ethyl adjacent to an activating group) is 1. The molecule has 170 valence electrons. The van der Waals surface area contributed by atoms with E-state index in [1.165, 1.54) is 15.8 Å². The molecular weight excluding hydrogens is 424 g/mol. The predicted molar refractivity (Wildman–Crippen MR) is 120 cm³/mol. The summed E-state index contributed by atoms with van der Waals surface area (Å²) >= 11 is 0. The normalized spacial score (nSPS) is 10.8. The minimum absolute atomic E-state index is 0.167. The fourth-order valence-corrected chi connectivity index (χ4v) is 3.45. The number of aromatic nitrogens is 6. The Bertz CT molecular complexity index is 1270. The van der Waals surface area contributed by atoms with Gasteiger partial charge in [0, 0.05) is 39.7 Å². The van der Waals surface area contributed by atoms with Gasteiger partial charge >= 0.3 is 0 Å². The smallest absolute Gasteiger partial charge is 0.259 e. The van der Waals surface area contributed by atoms with E-state index in [9.17, 15) is 9.59 Å². The van der Waals surface area contributed by atoms with E-state index in [0.29, 0.717) is 34.4 Å². The topological polar surface area (TPSA) is 112 Å². The highest BCUT2D eigenvalue weighted by Crippen LogP contribution is 2.31. The summed E-state index contributed by atoms with van der Waals surface area (Å²) < 4.78 is 10.8. The number of hydrogen-bond acceptors (Lipinski definition) is 6. The molecule has 33 heavy (non-hydrogen) atoms. The third-order valence-electron chi connectivity index (χ3n) is 5.00. The van der Waals surface area contributed by atoms with Crippen molar-refractivity contribution in [3.63, 3.8) is 0 Å². The van der Waals surface area contributed by atoms with Gasteiger partial charge in [-0.15, -0.1) is 0 Å². The van der Waals surface area contributed by atoms with Crippen LogP contribution in [0.1, 0.15) is 16.1 Å². The van der Waals surface area contributed by atoms with Crippen LogP contribution in [0.3, 0.4) is 0 Å². The van der Waals surface area contributed by atoms with Gasteiger partial charge in [-0.3, -0.25) is 19.3 Å². The van der Waals surface area contributed by atoms with Crippen LogP contribution >= 0.6 is 0 Å². The van der Waals surface area contributed by atoms with Gasteiger partial charge in [0.1, 0.15) is 22.8 Å². The summed E-state index contributed by atoms with van der Waals surface area (Å²) in [5.41, 5.74) is 1.41. The Balaban J connectivity index is 1.49. The van der Waals surface area contributed by atoms with Crippen LogP contribution in [0, 0.1) is 6.92 Å². The average molecular weight is 448 g/mol. The summed E-state index contributed by atoms with van der Waals surface area (Å²) in [7, 11) is 5.04. The number of rotatable bonds is 7. The van der Waals surface area contributed by atoms with Crippen molar-refractivity contribution in [2.75, 3.05) is 18.9 Å². The number of ether oxygens (including phenoxy) is 1. The van der Waals surface area contributed by atoms with Crippen LogP contribution in [0.15, 0.2) is 55.2 Å². The largest absolute Gasteiger partial charge is 0.436 e. The van der Waals surface area contributed by atoms with E-state index in [1.807, 2.05) is 24.5 Å². The van der Waals surface area contributed by atoms with E-state index in [1.54, 1.807) is 61.8 Å². The van der Waals surface area contributed by atoms with E-state index < -0.39 is 0 Å². The van der Waals surface area contributed by atoms with Gasteiger partial charge in [-0.1, -0.05) is 0 Å². The van der Waals surface area contributed by atoms with Crippen molar-refractivity contribution >= 4 is 17.5 Å². The van der Waals surface area contributed by atoms with Crippen LogP contribution in [0.2, 0.25) is 0 Å². The lowest BCUT2D eigenvalue weighted by Crippen LogP contribution is -2.35. The van der Waals surface area contributed by atoms with Gasteiger partial charge < -0.3 is 19.5 Å². The maximum absolute atomic E-state index is 13.1. The summed E-state index contributed by atoms with van der Waals surface area (Å²) in [6.07, 6.45) is 8.36. The summed E-state index contributed by atoms with van der Waals surface area (Å²) in [5.74, 6) is 0.788. The first kappa shape index (κ1) is 21.8. The molecule has 0 saturated carbocycles. The molecule has 0 aliphatic heterocycles. The SMILES string of the molecule is Cc1nn(C)c(Oc2cccnc2)c1NC(=O)CN(C)C(=O)c1cnn(C)c1-n1cccc1. The van der Waals surface area contributed by atoms with Gasteiger partial charge in [0.05, 0.1) is 24.6 Å². The van der Waals surface area contributed by atoms with Crippen molar-refractivity contribution in [2.45, 2.75) is 6.92 Å². The van der Waals surface area contributed by atoms with E-state index >= 15 is 0 Å². The monoisotopic (exact) mass is 448 g/mol. The van der Waals surface area contributed by atoms with E-state index in [0.717, 1.165) is 0 Å². The maximum Gasteiger partial charge on any atom is 0.259 e. The Hall–Kier alpha value is -4.41. The molecule has 0 spiro atoms. The second kappa shape index (κ2) is 8.99. The number of nitrogens with one attached hydrogen (secondary N) is 1. The fraction of sp³-hybridized carbons (Fsp3) is 0.227. The van der Waals surface area contributed by atoms with Crippen LogP contribution in [0.4, 0.5) is 5.69 Å². The van der Waals surface area contributed by atoms with Crippen molar-refractivity contribution < 1.29 is 14.3 Å². The van der Waals surface area contributed by atoms with E-state index in [2.05, 4.69) is 20.5 Å². The molecule has 11 heteroatoms. The Labute approximate surface area is 190 Å². The van der Waals surface area contributed by atoms with Crippen LogP contribution in [-0.4, -0.2) is 59.4 Å². The number of nitrogens with zero attached hydrogens (tertiary/aromatic N) is 7. The first-order valence-corrected chi connectivity index (χ1v) is 10.2. The molecule has 0 unspecified atom stereocenters. The highest BCUT2D eigenvalue weighted by molar-refractivity contribution is 6.01. The zero-order valence-electron chi connectivity index (χ0n) is 18.8. The second-order valence-corrected chi connectivity index (χ2v) is 7.49. The molecule has 0 fully saturated rings. The van der Waals surface area contributed by atoms with E-state index in [4.69, 9.17) is 4.74 Å². The highest BCUT2D eigenvalue weighted by Gasteiger charge is 2.24. The average Bonchev–Trinajstić information content (AvgIpc) is 3.50. The van der Waals surface area contributed by atoms with Gasteiger partial charge in [-0.25, -0.2) is 4.68 Å². The van der Waals surface area contributed by atoms with Gasteiger partial charge in [-0.2, -0.15) is 10.2 Å². The fourth-order valence-electron chi connectivity index (χ4n) is 3.45. The molecule has 1 N–H and O–H groups in total. The summed E-state index contributed by atoms with van der Waals surface area (Å²) in [5, 5.41) is 11.3. The molecule has 0 aliphatic carbocycles. The van der Waals surface area contributed by atoms with Crippen molar-refractivity contribution in [2.24, 2.45) is 14.1 Å². The van der Waals surface area contributed by atoms with Crippen molar-refractivity contribution in [3.8, 4) is 17.4 Å². The molecule has 0 radical (unpaired) electrons. The van der Waals surface area contributed by atoms with Crippen molar-refractivity contribution in [1.82, 2.24) is 34.0 Å². The molecule has 11 nitrogen and oxygen atoms in total. The minimum Gasteiger partial charge on any atom is -0.436 e. The van der Waals surface area contributed by atoms with Crippen molar-refractivity contribution in [3.05, 3.63) is 66.5 Å². The maximum atomic E-state index is 13.1. The number of anilines is 1. The zero-order chi connectivity index (χ0) is 23.5. The van der Waals surface area contributed by atoms with Crippen LogP contribution in [-0.2, 0) is 18.9 Å². The lowest BCUT2D eigenvalue weighted by molar-refractivity contribution is -0.116. The number of amides is 2. The number of pyridine rings is 1. The van der Waals surface area contributed by atoms with Crippen molar-refractivity contribution in [1.29, 1.82) is 0 Å². The van der Waals surface area contributed by atoms with Gasteiger partial charge in [0.25, 0.3) is 5.91 Å². The minimum atomic E-state index is -0.385. The molecule has 4 heterocycles. The standard InChI is InChI=1S/C22H24N8O3/c1-15-19(22(29(4)26-15)33-16-8-7-9-23-12-16)25-18(31)14-27(2)21(32)17-13-24-28(3)20(17)30-10-5-6-11-30/h5-13H,14H2,1-4H3,(H,25,31). The number of carbonyl (C=O) groups excluding carboxylic acids is 2. The van der Waals surface area contributed by atoms with Gasteiger partial charge in [0.2, 0.25) is 11.8 Å². The molecule has 4 aromatic heterocycles. The van der Waals surface area contributed by atoms with E-state index in [-0.39, 0.29) is 18.4 Å². The highest BCUT2D eigenvalue weighted by atomic mass is 16.5. The molecule has 4 rings (SSSR count). The summed E-state index contributed by atoms with van der Waals surface area (Å²) in [6.45, 7) is 1.60. The van der Waals surface area contributed by atoms with Crippen LogP contribution < -0.4 is 10.1 Å². The number of carbonyl (C=O) groups is 2.